The second kappa shape index (κ2) is 8.84. The molecule has 3 aliphatic rings. The fraction of sp³-hybridized carbons (Fsp3) is 0.476. The quantitative estimate of drug-likeness (QED) is 0.788. The van der Waals surface area contributed by atoms with Crippen LogP contribution in [-0.4, -0.2) is 86.8 Å². The number of benzene rings is 1. The van der Waals surface area contributed by atoms with Gasteiger partial charge in [0.05, 0.1) is 13.2 Å². The number of nitrogens with one attached hydrogen (secondary N) is 1. The zero-order valence-corrected chi connectivity index (χ0v) is 17.3. The van der Waals surface area contributed by atoms with E-state index in [1.165, 1.54) is 0 Å². The Morgan fingerprint density at radius 3 is 2.10 bits per heavy atom. The van der Waals surface area contributed by atoms with Gasteiger partial charge in [-0.05, 0) is 24.3 Å². The summed E-state index contributed by atoms with van der Waals surface area (Å²) >= 11 is 0. The summed E-state index contributed by atoms with van der Waals surface area (Å²) in [7, 11) is 0. The number of hydrogen-bond acceptors (Lipinski definition) is 8. The molecule has 1 N–H and O–H groups in total. The molecule has 4 heterocycles. The van der Waals surface area contributed by atoms with Crippen molar-refractivity contribution >= 4 is 23.4 Å². The lowest BCUT2D eigenvalue weighted by Crippen LogP contribution is -2.50. The van der Waals surface area contributed by atoms with Crippen LogP contribution in [0.5, 0.6) is 11.5 Å². The summed E-state index contributed by atoms with van der Waals surface area (Å²) in [5.41, 5.74) is 0.696. The third-order valence-corrected chi connectivity index (χ3v) is 5.66. The monoisotopic (exact) mass is 426 g/mol. The van der Waals surface area contributed by atoms with E-state index < -0.39 is 0 Å². The molecule has 0 aliphatic carbocycles. The van der Waals surface area contributed by atoms with Crippen molar-refractivity contribution in [3.63, 3.8) is 0 Å². The average Bonchev–Trinajstić information content (AvgIpc) is 2.85. The maximum absolute atomic E-state index is 12.7. The summed E-state index contributed by atoms with van der Waals surface area (Å²) in [4.78, 5) is 18.8. The van der Waals surface area contributed by atoms with Gasteiger partial charge in [0.1, 0.15) is 13.2 Å². The van der Waals surface area contributed by atoms with Crippen molar-refractivity contribution in [2.45, 2.75) is 0 Å². The third kappa shape index (κ3) is 4.43. The van der Waals surface area contributed by atoms with Crippen LogP contribution in [0, 0.1) is 0 Å². The lowest BCUT2D eigenvalue weighted by atomic mass is 10.2. The highest BCUT2D eigenvalue weighted by atomic mass is 16.6. The molecule has 2 aromatic rings. The fourth-order valence-electron chi connectivity index (χ4n) is 3.91. The summed E-state index contributed by atoms with van der Waals surface area (Å²) in [6.45, 7) is 6.83. The van der Waals surface area contributed by atoms with Crippen LogP contribution in [0.25, 0.3) is 0 Å². The highest BCUT2D eigenvalue weighted by molar-refractivity contribution is 5.90. The van der Waals surface area contributed by atoms with E-state index in [1.807, 2.05) is 29.2 Å². The van der Waals surface area contributed by atoms with Crippen molar-refractivity contribution in [1.82, 2.24) is 15.1 Å². The molecule has 0 unspecified atom stereocenters. The molecule has 2 fully saturated rings. The first-order valence-electron chi connectivity index (χ1n) is 10.6. The van der Waals surface area contributed by atoms with Gasteiger partial charge in [-0.2, -0.15) is 0 Å². The Kier molecular flexibility index (Phi) is 5.61. The lowest BCUT2D eigenvalue weighted by molar-refractivity contribution is 0.122. The van der Waals surface area contributed by atoms with E-state index in [4.69, 9.17) is 14.2 Å². The lowest BCUT2D eigenvalue weighted by Gasteiger charge is -2.35. The number of piperazine rings is 1. The molecule has 0 radical (unpaired) electrons. The van der Waals surface area contributed by atoms with Crippen molar-refractivity contribution in [3.05, 3.63) is 30.3 Å². The molecule has 0 bridgehead atoms. The van der Waals surface area contributed by atoms with E-state index in [0.717, 1.165) is 37.9 Å². The van der Waals surface area contributed by atoms with Crippen LogP contribution in [0.2, 0.25) is 0 Å². The van der Waals surface area contributed by atoms with Gasteiger partial charge in [-0.15, -0.1) is 10.2 Å². The minimum Gasteiger partial charge on any atom is -0.486 e. The van der Waals surface area contributed by atoms with Crippen molar-refractivity contribution in [3.8, 4) is 11.5 Å². The molecule has 1 aromatic heterocycles. The summed E-state index contributed by atoms with van der Waals surface area (Å²) in [5, 5.41) is 11.7. The number of carbonyl (C=O) groups is 1. The molecule has 164 valence electrons. The summed E-state index contributed by atoms with van der Waals surface area (Å²) in [6, 6.07) is 9.34. The highest BCUT2D eigenvalue weighted by Crippen LogP contribution is 2.32. The molecule has 0 atom stereocenters. The number of urea groups is 1. The fourth-order valence-corrected chi connectivity index (χ4v) is 3.91. The third-order valence-electron chi connectivity index (χ3n) is 5.66. The molecule has 3 aliphatic heterocycles. The minimum absolute atomic E-state index is 0.120. The maximum Gasteiger partial charge on any atom is 0.321 e. The Morgan fingerprint density at radius 1 is 0.774 bits per heavy atom. The van der Waals surface area contributed by atoms with Gasteiger partial charge in [0.2, 0.25) is 0 Å². The molecule has 0 spiro atoms. The Hall–Kier alpha value is -3.27. The first kappa shape index (κ1) is 19.7. The van der Waals surface area contributed by atoms with Crippen LogP contribution in [0.15, 0.2) is 30.3 Å². The van der Waals surface area contributed by atoms with Crippen molar-refractivity contribution in [2.24, 2.45) is 0 Å². The summed E-state index contributed by atoms with van der Waals surface area (Å²) in [6.07, 6.45) is 0. The van der Waals surface area contributed by atoms with Gasteiger partial charge in [-0.3, -0.25) is 0 Å². The van der Waals surface area contributed by atoms with Gasteiger partial charge in [0.25, 0.3) is 0 Å². The highest BCUT2D eigenvalue weighted by Gasteiger charge is 2.23. The van der Waals surface area contributed by atoms with Crippen molar-refractivity contribution in [1.29, 1.82) is 0 Å². The predicted octanol–water partition coefficient (Wildman–Crippen LogP) is 1.44. The Labute approximate surface area is 180 Å². The van der Waals surface area contributed by atoms with E-state index in [2.05, 4.69) is 25.3 Å². The largest absolute Gasteiger partial charge is 0.486 e. The smallest absolute Gasteiger partial charge is 0.321 e. The van der Waals surface area contributed by atoms with E-state index in [0.29, 0.717) is 56.6 Å². The molecular weight excluding hydrogens is 400 g/mol. The van der Waals surface area contributed by atoms with Crippen molar-refractivity contribution < 1.29 is 19.0 Å². The molecular formula is C21H26N6O4. The van der Waals surface area contributed by atoms with Crippen LogP contribution in [0.3, 0.4) is 0 Å². The van der Waals surface area contributed by atoms with Crippen LogP contribution in [0.4, 0.5) is 22.1 Å². The number of hydrogen-bond donors (Lipinski definition) is 1. The first-order valence-corrected chi connectivity index (χ1v) is 10.6. The Balaban J connectivity index is 1.14. The van der Waals surface area contributed by atoms with Crippen molar-refractivity contribution in [2.75, 3.05) is 80.8 Å². The molecule has 31 heavy (non-hydrogen) atoms. The molecule has 10 heteroatoms. The zero-order chi connectivity index (χ0) is 21.0. The Morgan fingerprint density at radius 2 is 1.42 bits per heavy atom. The number of ether oxygens (including phenoxy) is 3. The maximum atomic E-state index is 12.7. The van der Waals surface area contributed by atoms with Gasteiger partial charge in [-0.25, -0.2) is 4.79 Å². The van der Waals surface area contributed by atoms with Gasteiger partial charge in [0.15, 0.2) is 23.1 Å². The second-order valence-corrected chi connectivity index (χ2v) is 7.61. The molecule has 10 nitrogen and oxygen atoms in total. The van der Waals surface area contributed by atoms with Gasteiger partial charge in [0, 0.05) is 51.0 Å². The molecule has 0 saturated carbocycles. The Bertz CT molecular complexity index is 911. The number of amides is 2. The number of fused-ring (bicyclic) bond motifs is 1. The van der Waals surface area contributed by atoms with Crippen LogP contribution < -0.4 is 24.6 Å². The molecule has 1 aromatic carbocycles. The number of nitrogens with zero attached hydrogens (tertiary/aromatic N) is 5. The molecule has 2 saturated heterocycles. The van der Waals surface area contributed by atoms with Gasteiger partial charge < -0.3 is 34.2 Å². The standard InChI is InChI=1S/C21H26N6O4/c28-21(22-16-1-2-17-18(15-16)31-14-13-30-17)27-7-5-25(6-8-27)19-3-4-20(24-23-19)26-9-11-29-12-10-26/h1-4,15H,5-14H2,(H,22,28). The normalized spacial score (nSPS) is 18.6. The van der Waals surface area contributed by atoms with Gasteiger partial charge >= 0.3 is 6.03 Å². The second-order valence-electron chi connectivity index (χ2n) is 7.61. The van der Waals surface area contributed by atoms with E-state index in [-0.39, 0.29) is 6.03 Å². The van der Waals surface area contributed by atoms with E-state index in [1.54, 1.807) is 6.07 Å². The summed E-state index contributed by atoms with van der Waals surface area (Å²) < 4.78 is 16.5. The SMILES string of the molecule is O=C(Nc1ccc2c(c1)OCCO2)N1CCN(c2ccc(N3CCOCC3)nn2)CC1. The summed E-state index contributed by atoms with van der Waals surface area (Å²) in [5.74, 6) is 3.08. The zero-order valence-electron chi connectivity index (χ0n) is 17.3. The molecule has 2 amide bonds. The van der Waals surface area contributed by atoms with Crippen LogP contribution in [-0.2, 0) is 4.74 Å². The van der Waals surface area contributed by atoms with Crippen LogP contribution in [0.1, 0.15) is 0 Å². The van der Waals surface area contributed by atoms with E-state index in [9.17, 15) is 4.79 Å². The average molecular weight is 426 g/mol. The number of morpholine rings is 1. The predicted molar refractivity (Wildman–Crippen MR) is 115 cm³/mol. The number of aromatic nitrogens is 2. The minimum atomic E-state index is -0.120. The van der Waals surface area contributed by atoms with Gasteiger partial charge in [-0.1, -0.05) is 0 Å². The number of rotatable bonds is 3. The van der Waals surface area contributed by atoms with Crippen LogP contribution >= 0.6 is 0 Å². The topological polar surface area (TPSA) is 92.3 Å². The number of carbonyl (C=O) groups excluding carboxylic acids is 1. The molecule has 5 rings (SSSR count). The van der Waals surface area contributed by atoms with E-state index >= 15 is 0 Å². The number of anilines is 3. The first-order chi connectivity index (χ1) is 15.3.